The molecule has 2 rings (SSSR count). The summed E-state index contributed by atoms with van der Waals surface area (Å²) in [4.78, 5) is 22.2. The highest BCUT2D eigenvalue weighted by molar-refractivity contribution is 5.94. The van der Waals surface area contributed by atoms with E-state index in [1.165, 1.54) is 6.92 Å². The molecule has 0 saturated heterocycles. The molecule has 1 aromatic carbocycles. The fourth-order valence-electron chi connectivity index (χ4n) is 1.50. The molecule has 82 valence electrons. The first kappa shape index (κ1) is 10.4. The Kier molecular flexibility index (Phi) is 2.48. The van der Waals surface area contributed by atoms with Gasteiger partial charge < -0.3 is 4.52 Å². The van der Waals surface area contributed by atoms with E-state index in [-0.39, 0.29) is 11.4 Å². The van der Waals surface area contributed by atoms with Crippen molar-refractivity contribution < 1.29 is 9.32 Å². The second kappa shape index (κ2) is 3.81. The van der Waals surface area contributed by atoms with Crippen LogP contribution in [0.2, 0.25) is 0 Å². The summed E-state index contributed by atoms with van der Waals surface area (Å²) in [5.74, 6) is 0.0176. The van der Waals surface area contributed by atoms with E-state index in [1.54, 1.807) is 31.2 Å². The molecule has 4 heteroatoms. The summed E-state index contributed by atoms with van der Waals surface area (Å²) in [6, 6.07) is 7.01. The Morgan fingerprint density at radius 2 is 1.88 bits per heavy atom. The molecule has 1 heterocycles. The minimum atomic E-state index is -0.370. The first-order valence-corrected chi connectivity index (χ1v) is 4.89. The van der Waals surface area contributed by atoms with Gasteiger partial charge >= 0.3 is 5.63 Å². The molecule has 0 spiro atoms. The van der Waals surface area contributed by atoms with Crippen LogP contribution in [-0.4, -0.2) is 10.9 Å². The number of rotatable bonds is 2. The fraction of sp³-hybridized carbons (Fsp3) is 0.167. The Morgan fingerprint density at radius 3 is 2.31 bits per heavy atom. The average molecular weight is 217 g/mol. The Bertz CT molecular complexity index is 575. The van der Waals surface area contributed by atoms with Crippen molar-refractivity contribution in [2.75, 3.05) is 0 Å². The second-order valence-electron chi connectivity index (χ2n) is 3.63. The Hall–Kier alpha value is -2.10. The second-order valence-corrected chi connectivity index (χ2v) is 3.63. The van der Waals surface area contributed by atoms with E-state index in [0.717, 1.165) is 5.56 Å². The van der Waals surface area contributed by atoms with Crippen LogP contribution in [0.4, 0.5) is 0 Å². The Balaban J connectivity index is 2.46. The summed E-state index contributed by atoms with van der Waals surface area (Å²) in [5, 5.41) is 2.57. The number of carbonyl (C=O) groups is 1. The number of hydrogen-bond acceptors (Lipinski definition) is 3. The van der Waals surface area contributed by atoms with Crippen molar-refractivity contribution in [2.45, 2.75) is 13.8 Å². The first-order chi connectivity index (χ1) is 7.59. The van der Waals surface area contributed by atoms with Crippen LogP contribution in [0, 0.1) is 6.92 Å². The highest BCUT2D eigenvalue weighted by atomic mass is 16.5. The highest BCUT2D eigenvalue weighted by Gasteiger charge is 2.09. The smallest absolute Gasteiger partial charge is 0.338 e. The average Bonchev–Trinajstić information content (AvgIpc) is 2.60. The van der Waals surface area contributed by atoms with Crippen molar-refractivity contribution in [3.8, 4) is 11.3 Å². The fourth-order valence-corrected chi connectivity index (χ4v) is 1.50. The number of aromatic nitrogens is 1. The van der Waals surface area contributed by atoms with Gasteiger partial charge in [-0.05, 0) is 13.8 Å². The monoisotopic (exact) mass is 217 g/mol. The third-order valence-corrected chi connectivity index (χ3v) is 2.51. The summed E-state index contributed by atoms with van der Waals surface area (Å²) in [6.45, 7) is 3.20. The van der Waals surface area contributed by atoms with E-state index in [0.29, 0.717) is 16.8 Å². The van der Waals surface area contributed by atoms with E-state index in [9.17, 15) is 9.59 Å². The third-order valence-electron chi connectivity index (χ3n) is 2.51. The van der Waals surface area contributed by atoms with Gasteiger partial charge in [-0.2, -0.15) is 0 Å². The van der Waals surface area contributed by atoms with Gasteiger partial charge in [-0.15, -0.1) is 0 Å². The van der Waals surface area contributed by atoms with Crippen LogP contribution < -0.4 is 5.63 Å². The number of Topliss-reactive ketones (excluding diaryl/α,β-unsaturated/α-hetero) is 1. The molecule has 4 nitrogen and oxygen atoms in total. The Labute approximate surface area is 91.9 Å². The van der Waals surface area contributed by atoms with Crippen molar-refractivity contribution >= 4 is 5.78 Å². The topological polar surface area (TPSA) is 63.1 Å². The van der Waals surface area contributed by atoms with Gasteiger partial charge in [0, 0.05) is 11.1 Å². The van der Waals surface area contributed by atoms with Crippen LogP contribution in [0.1, 0.15) is 22.8 Å². The Morgan fingerprint density at radius 1 is 1.25 bits per heavy atom. The molecule has 0 aliphatic rings. The van der Waals surface area contributed by atoms with Gasteiger partial charge in [0.1, 0.15) is 0 Å². The number of H-pyrrole nitrogens is 1. The molecule has 0 aliphatic heterocycles. The number of ketones is 1. The molecular weight excluding hydrogens is 206 g/mol. The van der Waals surface area contributed by atoms with E-state index in [4.69, 9.17) is 0 Å². The molecule has 0 amide bonds. The normalized spacial score (nSPS) is 10.4. The molecule has 0 saturated carbocycles. The van der Waals surface area contributed by atoms with E-state index in [1.807, 2.05) is 0 Å². The molecule has 1 aromatic heterocycles. The molecule has 2 aromatic rings. The predicted octanol–water partition coefficient (Wildman–Crippen LogP) is 2.15. The molecule has 0 unspecified atom stereocenters. The lowest BCUT2D eigenvalue weighted by molar-refractivity contribution is 0.101. The standard InChI is InChI=1S/C12H11NO3/c1-7-11(13-16-12(7)15)10-5-3-9(4-6-10)8(2)14/h3-6,13H,1-2H3. The molecule has 0 bridgehead atoms. The number of hydrogen-bond donors (Lipinski definition) is 1. The van der Waals surface area contributed by atoms with Crippen LogP contribution in [0.5, 0.6) is 0 Å². The van der Waals surface area contributed by atoms with Gasteiger partial charge in [-0.25, -0.2) is 9.95 Å². The minimum absolute atomic E-state index is 0.0176. The number of carbonyl (C=O) groups excluding carboxylic acids is 1. The highest BCUT2D eigenvalue weighted by Crippen LogP contribution is 2.19. The number of benzene rings is 1. The van der Waals surface area contributed by atoms with Gasteiger partial charge in [-0.3, -0.25) is 4.79 Å². The maximum Gasteiger partial charge on any atom is 0.360 e. The van der Waals surface area contributed by atoms with Crippen LogP contribution in [0.3, 0.4) is 0 Å². The van der Waals surface area contributed by atoms with Crippen molar-refractivity contribution in [2.24, 2.45) is 0 Å². The zero-order valence-electron chi connectivity index (χ0n) is 9.03. The van der Waals surface area contributed by atoms with Crippen molar-refractivity contribution in [1.82, 2.24) is 5.16 Å². The van der Waals surface area contributed by atoms with Gasteiger partial charge in [0.15, 0.2) is 5.78 Å². The van der Waals surface area contributed by atoms with Crippen LogP contribution in [0.15, 0.2) is 33.6 Å². The molecule has 0 fully saturated rings. The third kappa shape index (κ3) is 1.69. The largest absolute Gasteiger partial charge is 0.360 e. The van der Waals surface area contributed by atoms with Crippen LogP contribution in [-0.2, 0) is 0 Å². The predicted molar refractivity (Wildman–Crippen MR) is 59.5 cm³/mol. The number of aromatic amines is 1. The summed E-state index contributed by atoms with van der Waals surface area (Å²) >= 11 is 0. The van der Waals surface area contributed by atoms with Crippen molar-refractivity contribution in [3.05, 3.63) is 45.8 Å². The molecule has 1 N–H and O–H groups in total. The number of nitrogens with one attached hydrogen (secondary N) is 1. The van der Waals surface area contributed by atoms with Crippen molar-refractivity contribution in [1.29, 1.82) is 0 Å². The molecule has 16 heavy (non-hydrogen) atoms. The summed E-state index contributed by atoms with van der Waals surface area (Å²) < 4.78 is 4.68. The van der Waals surface area contributed by atoms with Crippen LogP contribution >= 0.6 is 0 Å². The summed E-state index contributed by atoms with van der Waals surface area (Å²) in [5.41, 5.74) is 2.29. The molecule has 0 aliphatic carbocycles. The lowest BCUT2D eigenvalue weighted by Gasteiger charge is -1.99. The van der Waals surface area contributed by atoms with Crippen molar-refractivity contribution in [3.63, 3.8) is 0 Å². The zero-order chi connectivity index (χ0) is 11.7. The molecular formula is C12H11NO3. The maximum absolute atomic E-state index is 11.1. The van der Waals surface area contributed by atoms with Gasteiger partial charge in [0.2, 0.25) is 0 Å². The molecule has 0 atom stereocenters. The zero-order valence-corrected chi connectivity index (χ0v) is 9.03. The minimum Gasteiger partial charge on any atom is -0.338 e. The maximum atomic E-state index is 11.1. The lowest BCUT2D eigenvalue weighted by Crippen LogP contribution is -1.96. The van der Waals surface area contributed by atoms with Gasteiger partial charge in [0.25, 0.3) is 0 Å². The SMILES string of the molecule is CC(=O)c1ccc(-c2[nH]oc(=O)c2C)cc1. The lowest BCUT2D eigenvalue weighted by atomic mass is 10.1. The summed E-state index contributed by atoms with van der Waals surface area (Å²) in [6.07, 6.45) is 0. The first-order valence-electron chi connectivity index (χ1n) is 4.89. The van der Waals surface area contributed by atoms with E-state index >= 15 is 0 Å². The molecule has 0 radical (unpaired) electrons. The van der Waals surface area contributed by atoms with E-state index in [2.05, 4.69) is 9.68 Å². The van der Waals surface area contributed by atoms with Gasteiger partial charge in [-0.1, -0.05) is 24.3 Å². The van der Waals surface area contributed by atoms with Crippen LogP contribution in [0.25, 0.3) is 11.3 Å². The van der Waals surface area contributed by atoms with E-state index < -0.39 is 0 Å². The quantitative estimate of drug-likeness (QED) is 0.784. The summed E-state index contributed by atoms with van der Waals surface area (Å²) in [7, 11) is 0. The van der Waals surface area contributed by atoms with Gasteiger partial charge in [0.05, 0.1) is 11.3 Å².